The van der Waals surface area contributed by atoms with Gasteiger partial charge in [0.15, 0.2) is 5.65 Å². The van der Waals surface area contributed by atoms with Gasteiger partial charge in [-0.1, -0.05) is 0 Å². The SMILES string of the molecule is COCCN(Cc1ccncc1)C(=O)c1cnc2ccnn2c1C. The molecule has 0 aliphatic heterocycles. The minimum absolute atomic E-state index is 0.0914. The Bertz CT molecular complexity index is 831. The first kappa shape index (κ1) is 16.1. The van der Waals surface area contributed by atoms with E-state index >= 15 is 0 Å². The summed E-state index contributed by atoms with van der Waals surface area (Å²) in [5.74, 6) is -0.0914. The fourth-order valence-electron chi connectivity index (χ4n) is 2.53. The van der Waals surface area contributed by atoms with Crippen LogP contribution in [-0.4, -0.2) is 50.7 Å². The number of carbonyl (C=O) groups is 1. The number of fused-ring (bicyclic) bond motifs is 1. The summed E-state index contributed by atoms with van der Waals surface area (Å²) in [4.78, 5) is 23.1. The number of hydrogen-bond donors (Lipinski definition) is 0. The predicted molar refractivity (Wildman–Crippen MR) is 88.6 cm³/mol. The summed E-state index contributed by atoms with van der Waals surface area (Å²) >= 11 is 0. The highest BCUT2D eigenvalue weighted by Crippen LogP contribution is 2.14. The molecule has 0 atom stereocenters. The largest absolute Gasteiger partial charge is 0.383 e. The van der Waals surface area contributed by atoms with Crippen molar-refractivity contribution in [3.8, 4) is 0 Å². The average Bonchev–Trinajstić information content (AvgIpc) is 3.09. The number of nitrogens with zero attached hydrogens (tertiary/aromatic N) is 5. The number of pyridine rings is 1. The van der Waals surface area contributed by atoms with Crippen LogP contribution in [0.15, 0.2) is 43.0 Å². The predicted octanol–water partition coefficient (Wildman–Crippen LogP) is 1.72. The number of aromatic nitrogens is 4. The highest BCUT2D eigenvalue weighted by atomic mass is 16.5. The van der Waals surface area contributed by atoms with Gasteiger partial charge in [-0.15, -0.1) is 0 Å². The Balaban J connectivity index is 1.90. The number of hydrogen-bond acceptors (Lipinski definition) is 5. The Labute approximate surface area is 139 Å². The van der Waals surface area contributed by atoms with Crippen molar-refractivity contribution in [1.29, 1.82) is 0 Å². The molecule has 0 fully saturated rings. The van der Waals surface area contributed by atoms with Gasteiger partial charge < -0.3 is 9.64 Å². The Kier molecular flexibility index (Phi) is 4.81. The second kappa shape index (κ2) is 7.18. The van der Waals surface area contributed by atoms with Crippen LogP contribution in [0.5, 0.6) is 0 Å². The van der Waals surface area contributed by atoms with Crippen molar-refractivity contribution in [1.82, 2.24) is 24.5 Å². The molecule has 0 N–H and O–H groups in total. The number of carbonyl (C=O) groups excluding carboxylic acids is 1. The number of rotatable bonds is 6. The first-order chi connectivity index (χ1) is 11.7. The fraction of sp³-hybridized carbons (Fsp3) is 0.294. The summed E-state index contributed by atoms with van der Waals surface area (Å²) in [6, 6.07) is 5.60. The smallest absolute Gasteiger partial charge is 0.257 e. The first-order valence-corrected chi connectivity index (χ1v) is 7.67. The van der Waals surface area contributed by atoms with E-state index in [1.165, 1.54) is 0 Å². The molecular weight excluding hydrogens is 306 g/mol. The summed E-state index contributed by atoms with van der Waals surface area (Å²) in [6.45, 7) is 3.32. The number of amides is 1. The molecule has 0 aliphatic carbocycles. The van der Waals surface area contributed by atoms with E-state index in [4.69, 9.17) is 4.74 Å². The fourth-order valence-corrected chi connectivity index (χ4v) is 2.53. The molecule has 0 aliphatic rings. The molecule has 0 spiro atoms. The van der Waals surface area contributed by atoms with E-state index in [2.05, 4.69) is 15.1 Å². The zero-order chi connectivity index (χ0) is 16.9. The molecule has 0 unspecified atom stereocenters. The highest BCUT2D eigenvalue weighted by molar-refractivity contribution is 5.95. The zero-order valence-corrected chi connectivity index (χ0v) is 13.7. The Morgan fingerprint density at radius 2 is 2.04 bits per heavy atom. The van der Waals surface area contributed by atoms with Crippen LogP contribution >= 0.6 is 0 Å². The van der Waals surface area contributed by atoms with Gasteiger partial charge in [-0.25, -0.2) is 9.50 Å². The molecule has 24 heavy (non-hydrogen) atoms. The van der Waals surface area contributed by atoms with E-state index in [1.807, 2.05) is 19.1 Å². The summed E-state index contributed by atoms with van der Waals surface area (Å²) in [5, 5.41) is 4.22. The van der Waals surface area contributed by atoms with Crippen LogP contribution in [-0.2, 0) is 11.3 Å². The molecule has 3 aromatic heterocycles. The molecule has 3 heterocycles. The van der Waals surface area contributed by atoms with Crippen molar-refractivity contribution in [2.45, 2.75) is 13.5 Å². The van der Waals surface area contributed by atoms with Gasteiger partial charge >= 0.3 is 0 Å². The van der Waals surface area contributed by atoms with E-state index in [0.717, 1.165) is 16.9 Å². The standard InChI is InChI=1S/C17H19N5O2/c1-13-15(11-19-16-5-8-20-22(13)16)17(23)21(9-10-24-2)12-14-3-6-18-7-4-14/h3-8,11H,9-10,12H2,1-2H3. The van der Waals surface area contributed by atoms with Crippen molar-refractivity contribution in [2.24, 2.45) is 0 Å². The van der Waals surface area contributed by atoms with Crippen LogP contribution in [0.3, 0.4) is 0 Å². The van der Waals surface area contributed by atoms with Crippen molar-refractivity contribution in [3.05, 3.63) is 59.8 Å². The lowest BCUT2D eigenvalue weighted by Crippen LogP contribution is -2.34. The zero-order valence-electron chi connectivity index (χ0n) is 13.7. The summed E-state index contributed by atoms with van der Waals surface area (Å²) in [6.07, 6.45) is 6.72. The van der Waals surface area contributed by atoms with Gasteiger partial charge in [-0.05, 0) is 24.6 Å². The third kappa shape index (κ3) is 3.26. The van der Waals surface area contributed by atoms with Crippen LogP contribution in [0.25, 0.3) is 5.65 Å². The van der Waals surface area contributed by atoms with Crippen molar-refractivity contribution in [3.63, 3.8) is 0 Å². The van der Waals surface area contributed by atoms with E-state index in [0.29, 0.717) is 25.3 Å². The molecule has 7 nitrogen and oxygen atoms in total. The average molecular weight is 325 g/mol. The van der Waals surface area contributed by atoms with Crippen LogP contribution in [0.2, 0.25) is 0 Å². The van der Waals surface area contributed by atoms with Crippen LogP contribution in [0, 0.1) is 6.92 Å². The second-order valence-electron chi connectivity index (χ2n) is 5.43. The van der Waals surface area contributed by atoms with E-state index in [-0.39, 0.29) is 5.91 Å². The highest BCUT2D eigenvalue weighted by Gasteiger charge is 2.20. The molecule has 3 aromatic rings. The number of ether oxygens (including phenoxy) is 1. The third-order valence-corrected chi connectivity index (χ3v) is 3.86. The molecule has 0 aromatic carbocycles. The van der Waals surface area contributed by atoms with Gasteiger partial charge in [0.2, 0.25) is 0 Å². The Hall–Kier alpha value is -2.80. The lowest BCUT2D eigenvalue weighted by molar-refractivity contribution is 0.0678. The van der Waals surface area contributed by atoms with E-state index in [9.17, 15) is 4.79 Å². The maximum Gasteiger partial charge on any atom is 0.257 e. The van der Waals surface area contributed by atoms with Crippen LogP contribution in [0.4, 0.5) is 0 Å². The second-order valence-corrected chi connectivity index (χ2v) is 5.43. The molecule has 3 rings (SSSR count). The summed E-state index contributed by atoms with van der Waals surface area (Å²) in [7, 11) is 1.62. The first-order valence-electron chi connectivity index (χ1n) is 7.67. The van der Waals surface area contributed by atoms with Gasteiger partial charge in [-0.3, -0.25) is 9.78 Å². The lowest BCUT2D eigenvalue weighted by Gasteiger charge is -2.23. The maximum absolute atomic E-state index is 13.0. The quantitative estimate of drug-likeness (QED) is 0.690. The van der Waals surface area contributed by atoms with Gasteiger partial charge in [0, 0.05) is 44.9 Å². The Morgan fingerprint density at radius 1 is 1.25 bits per heavy atom. The number of aryl methyl sites for hydroxylation is 1. The molecule has 0 saturated heterocycles. The van der Waals surface area contributed by atoms with E-state index in [1.54, 1.807) is 47.4 Å². The Morgan fingerprint density at radius 3 is 2.79 bits per heavy atom. The summed E-state index contributed by atoms with van der Waals surface area (Å²) in [5.41, 5.74) is 3.05. The van der Waals surface area contributed by atoms with Crippen LogP contribution in [0.1, 0.15) is 21.6 Å². The topological polar surface area (TPSA) is 72.6 Å². The molecule has 124 valence electrons. The minimum Gasteiger partial charge on any atom is -0.383 e. The molecule has 7 heteroatoms. The molecular formula is C17H19N5O2. The monoisotopic (exact) mass is 325 g/mol. The maximum atomic E-state index is 13.0. The van der Waals surface area contributed by atoms with Gasteiger partial charge in [0.25, 0.3) is 5.91 Å². The molecule has 0 bridgehead atoms. The van der Waals surface area contributed by atoms with Gasteiger partial charge in [-0.2, -0.15) is 5.10 Å². The van der Waals surface area contributed by atoms with Crippen molar-refractivity contribution in [2.75, 3.05) is 20.3 Å². The normalized spacial score (nSPS) is 10.9. The molecule has 0 saturated carbocycles. The van der Waals surface area contributed by atoms with E-state index < -0.39 is 0 Å². The van der Waals surface area contributed by atoms with Gasteiger partial charge in [0.1, 0.15) is 0 Å². The summed E-state index contributed by atoms with van der Waals surface area (Å²) < 4.78 is 6.82. The molecule has 0 radical (unpaired) electrons. The van der Waals surface area contributed by atoms with Crippen molar-refractivity contribution < 1.29 is 9.53 Å². The third-order valence-electron chi connectivity index (χ3n) is 3.86. The van der Waals surface area contributed by atoms with Crippen LogP contribution < -0.4 is 0 Å². The van der Waals surface area contributed by atoms with Crippen molar-refractivity contribution >= 4 is 11.6 Å². The number of methoxy groups -OCH3 is 1. The molecule has 1 amide bonds. The minimum atomic E-state index is -0.0914. The van der Waals surface area contributed by atoms with Gasteiger partial charge in [0.05, 0.1) is 24.1 Å². The lowest BCUT2D eigenvalue weighted by atomic mass is 10.2.